The van der Waals surface area contributed by atoms with Crippen LogP contribution in [0.4, 0.5) is 10.5 Å². The number of benzene rings is 1. The van der Waals surface area contributed by atoms with Gasteiger partial charge in [-0.25, -0.2) is 14.8 Å². The van der Waals surface area contributed by atoms with Crippen molar-refractivity contribution in [1.82, 2.24) is 15.3 Å². The second kappa shape index (κ2) is 9.12. The number of anilines is 1. The number of methoxy groups -OCH3 is 1. The maximum Gasteiger partial charge on any atom is 0.405 e. The van der Waals surface area contributed by atoms with Crippen LogP contribution in [-0.2, 0) is 4.79 Å². The van der Waals surface area contributed by atoms with E-state index in [4.69, 9.17) is 18.7 Å². The van der Waals surface area contributed by atoms with Crippen molar-refractivity contribution in [2.45, 2.75) is 26.3 Å². The Bertz CT molecular complexity index is 999. The normalized spacial score (nSPS) is 11.9. The van der Waals surface area contributed by atoms with Gasteiger partial charge in [-0.1, -0.05) is 13.8 Å². The van der Waals surface area contributed by atoms with Crippen LogP contribution in [0.5, 0.6) is 5.75 Å². The molecule has 2 aromatic heterocycles. The fourth-order valence-corrected chi connectivity index (χ4v) is 3.02. The molecule has 2 amide bonds. The summed E-state index contributed by atoms with van der Waals surface area (Å²) in [6, 6.07) is 2.41. The van der Waals surface area contributed by atoms with Crippen LogP contribution in [0.15, 0.2) is 46.1 Å². The molecule has 0 saturated heterocycles. The average Bonchev–Trinajstić information content (AvgIpc) is 3.40. The predicted octanol–water partition coefficient (Wildman–Crippen LogP) is 3.63. The van der Waals surface area contributed by atoms with Crippen LogP contribution in [0.25, 0.3) is 22.6 Å². The third kappa shape index (κ3) is 4.77. The first-order chi connectivity index (χ1) is 14.4. The number of nitrogens with zero attached hydrogens (tertiary/aromatic N) is 2. The minimum Gasteiger partial charge on any atom is -0.496 e. The maximum absolute atomic E-state index is 12.9. The zero-order valence-corrected chi connectivity index (χ0v) is 16.7. The van der Waals surface area contributed by atoms with Crippen LogP contribution in [0.1, 0.15) is 20.3 Å². The summed E-state index contributed by atoms with van der Waals surface area (Å²) in [6.07, 6.45) is 4.67. The van der Waals surface area contributed by atoms with Crippen LogP contribution in [0, 0.1) is 5.92 Å². The van der Waals surface area contributed by atoms with Crippen molar-refractivity contribution in [2.24, 2.45) is 5.92 Å². The number of amides is 2. The van der Waals surface area contributed by atoms with Crippen LogP contribution in [0.2, 0.25) is 0 Å². The van der Waals surface area contributed by atoms with Gasteiger partial charge < -0.3 is 29.3 Å². The smallest absolute Gasteiger partial charge is 0.405 e. The predicted molar refractivity (Wildman–Crippen MR) is 107 cm³/mol. The Kier molecular flexibility index (Phi) is 6.35. The van der Waals surface area contributed by atoms with Crippen LogP contribution in [-0.4, -0.2) is 40.2 Å². The summed E-state index contributed by atoms with van der Waals surface area (Å²) in [5.41, 5.74) is 1.49. The van der Waals surface area contributed by atoms with E-state index in [1.165, 1.54) is 32.3 Å². The van der Waals surface area contributed by atoms with E-state index in [0.717, 1.165) is 0 Å². The van der Waals surface area contributed by atoms with E-state index in [9.17, 15) is 9.59 Å². The maximum atomic E-state index is 12.9. The summed E-state index contributed by atoms with van der Waals surface area (Å²) in [7, 11) is 1.49. The zero-order valence-electron chi connectivity index (χ0n) is 16.7. The minimum absolute atomic E-state index is 0.102. The zero-order chi connectivity index (χ0) is 21.7. The molecule has 10 heteroatoms. The molecule has 10 nitrogen and oxygen atoms in total. The molecule has 0 aliphatic heterocycles. The highest BCUT2D eigenvalue weighted by Gasteiger charge is 2.24. The highest BCUT2D eigenvalue weighted by Crippen LogP contribution is 2.39. The number of oxazole rings is 2. The van der Waals surface area contributed by atoms with E-state index in [2.05, 4.69) is 20.6 Å². The summed E-state index contributed by atoms with van der Waals surface area (Å²) in [5, 5.41) is 14.1. The number of rotatable bonds is 8. The summed E-state index contributed by atoms with van der Waals surface area (Å²) >= 11 is 0. The lowest BCUT2D eigenvalue weighted by Gasteiger charge is -2.20. The van der Waals surface area contributed by atoms with Crippen molar-refractivity contribution >= 4 is 17.7 Å². The molecule has 3 rings (SSSR count). The standard InChI is InChI=1S/C20H22N4O6/c1-11(2)4-15(24-20(26)27)19(25)23-14-6-16(28-3)13(18-8-22-10-30-18)5-12(14)17-7-21-9-29-17/h5-11,15,24H,4H2,1-3H3,(H,23,25)(H,26,27). The molecule has 1 aromatic carbocycles. The molecule has 30 heavy (non-hydrogen) atoms. The number of ether oxygens (including phenoxy) is 1. The Labute approximate surface area is 172 Å². The molecular weight excluding hydrogens is 392 g/mol. The van der Waals surface area contributed by atoms with Crippen molar-refractivity contribution in [1.29, 1.82) is 0 Å². The molecule has 1 unspecified atom stereocenters. The van der Waals surface area contributed by atoms with Crippen molar-refractivity contribution in [3.05, 3.63) is 37.3 Å². The van der Waals surface area contributed by atoms with Gasteiger partial charge >= 0.3 is 6.09 Å². The quantitative estimate of drug-likeness (QED) is 0.508. The highest BCUT2D eigenvalue weighted by atomic mass is 16.5. The molecule has 158 valence electrons. The van der Waals surface area contributed by atoms with Crippen molar-refractivity contribution in [3.8, 4) is 28.4 Å². The van der Waals surface area contributed by atoms with E-state index in [0.29, 0.717) is 40.5 Å². The van der Waals surface area contributed by atoms with Gasteiger partial charge in [-0.3, -0.25) is 4.79 Å². The number of hydrogen-bond acceptors (Lipinski definition) is 7. The van der Waals surface area contributed by atoms with Gasteiger partial charge in [0.2, 0.25) is 5.91 Å². The molecule has 0 spiro atoms. The monoisotopic (exact) mass is 414 g/mol. The highest BCUT2D eigenvalue weighted by molar-refractivity contribution is 6.00. The molecule has 1 atom stereocenters. The molecule has 0 saturated carbocycles. The third-order valence-corrected chi connectivity index (χ3v) is 4.31. The van der Waals surface area contributed by atoms with Crippen molar-refractivity contribution in [3.63, 3.8) is 0 Å². The van der Waals surface area contributed by atoms with E-state index >= 15 is 0 Å². The molecule has 0 aliphatic carbocycles. The van der Waals surface area contributed by atoms with E-state index in [1.54, 1.807) is 12.1 Å². The van der Waals surface area contributed by atoms with Gasteiger partial charge in [-0.05, 0) is 18.4 Å². The molecule has 0 radical (unpaired) electrons. The van der Waals surface area contributed by atoms with Crippen LogP contribution in [0.3, 0.4) is 0 Å². The van der Waals surface area contributed by atoms with Gasteiger partial charge in [0.1, 0.15) is 11.8 Å². The number of carboxylic acid groups (broad SMARTS) is 1. The average molecular weight is 414 g/mol. The summed E-state index contributed by atoms with van der Waals surface area (Å²) in [5.74, 6) is 0.902. The van der Waals surface area contributed by atoms with Gasteiger partial charge in [-0.2, -0.15) is 0 Å². The summed E-state index contributed by atoms with van der Waals surface area (Å²) in [6.45, 7) is 3.80. The van der Waals surface area contributed by atoms with Crippen molar-refractivity contribution < 1.29 is 28.3 Å². The Morgan fingerprint density at radius 2 is 1.73 bits per heavy atom. The Morgan fingerprint density at radius 3 is 2.23 bits per heavy atom. The van der Waals surface area contributed by atoms with E-state index in [1.807, 2.05) is 13.8 Å². The van der Waals surface area contributed by atoms with Crippen LogP contribution < -0.4 is 15.4 Å². The van der Waals surface area contributed by atoms with Gasteiger partial charge in [0.05, 0.1) is 30.8 Å². The molecular formula is C20H22N4O6. The third-order valence-electron chi connectivity index (χ3n) is 4.31. The fourth-order valence-electron chi connectivity index (χ4n) is 3.02. The van der Waals surface area contributed by atoms with E-state index in [-0.39, 0.29) is 5.92 Å². The van der Waals surface area contributed by atoms with Crippen molar-refractivity contribution in [2.75, 3.05) is 12.4 Å². The number of carbonyl (C=O) groups is 2. The van der Waals surface area contributed by atoms with Crippen LogP contribution >= 0.6 is 0 Å². The molecule has 0 bridgehead atoms. The Hall–Kier alpha value is -3.82. The van der Waals surface area contributed by atoms with Gasteiger partial charge in [0, 0.05) is 11.6 Å². The lowest BCUT2D eigenvalue weighted by molar-refractivity contribution is -0.118. The molecule has 0 aliphatic rings. The lowest BCUT2D eigenvalue weighted by atomic mass is 10.0. The Balaban J connectivity index is 2.02. The molecule has 0 fully saturated rings. The number of nitrogens with one attached hydrogen (secondary N) is 2. The van der Waals surface area contributed by atoms with E-state index < -0.39 is 18.0 Å². The SMILES string of the molecule is COc1cc(NC(=O)C(CC(C)C)NC(=O)O)c(-c2cnco2)cc1-c1cnco1. The number of carbonyl (C=O) groups excluding carboxylic acids is 1. The first-order valence-electron chi connectivity index (χ1n) is 9.19. The van der Waals surface area contributed by atoms with Gasteiger partial charge in [0.25, 0.3) is 0 Å². The first kappa shape index (κ1) is 20.9. The second-order valence-electron chi connectivity index (χ2n) is 6.95. The molecule has 3 N–H and O–H groups in total. The second-order valence-corrected chi connectivity index (χ2v) is 6.95. The number of hydrogen-bond donors (Lipinski definition) is 3. The number of aromatic nitrogens is 2. The summed E-state index contributed by atoms with van der Waals surface area (Å²) in [4.78, 5) is 31.8. The largest absolute Gasteiger partial charge is 0.496 e. The summed E-state index contributed by atoms with van der Waals surface area (Å²) < 4.78 is 16.3. The topological polar surface area (TPSA) is 140 Å². The Morgan fingerprint density at radius 1 is 1.10 bits per heavy atom. The lowest BCUT2D eigenvalue weighted by Crippen LogP contribution is -2.44. The first-order valence-corrected chi connectivity index (χ1v) is 9.19. The van der Waals surface area contributed by atoms with Gasteiger partial charge in [0.15, 0.2) is 24.3 Å². The van der Waals surface area contributed by atoms with Gasteiger partial charge in [-0.15, -0.1) is 0 Å². The molecule has 2 heterocycles. The minimum atomic E-state index is -1.27. The fraction of sp³-hybridized carbons (Fsp3) is 0.300. The molecule has 3 aromatic rings.